The third kappa shape index (κ3) is 3.82. The van der Waals surface area contributed by atoms with Gasteiger partial charge in [-0.25, -0.2) is 4.98 Å². The van der Waals surface area contributed by atoms with Crippen molar-refractivity contribution in [3.63, 3.8) is 0 Å². The van der Waals surface area contributed by atoms with Crippen LogP contribution in [0.3, 0.4) is 0 Å². The summed E-state index contributed by atoms with van der Waals surface area (Å²) in [6.07, 6.45) is 6.56. The van der Waals surface area contributed by atoms with Gasteiger partial charge in [-0.3, -0.25) is 14.6 Å². The Morgan fingerprint density at radius 2 is 1.97 bits per heavy atom. The van der Waals surface area contributed by atoms with Crippen LogP contribution < -0.4 is 5.73 Å². The predicted molar refractivity (Wildman–Crippen MR) is 134 cm³/mol. The van der Waals surface area contributed by atoms with E-state index in [4.69, 9.17) is 10.7 Å². The largest absolute Gasteiger partial charge is 0.393 e. The number of hydrogen-bond donors (Lipinski definition) is 4. The number of nitrogens with one attached hydrogen (secondary N) is 1. The lowest BCUT2D eigenvalue weighted by Crippen LogP contribution is -2.46. The summed E-state index contributed by atoms with van der Waals surface area (Å²) < 4.78 is 1.46. The number of pyridine rings is 1. The Kier molecular flexibility index (Phi) is 5.88. The topological polar surface area (TPSA) is 189 Å². The molecule has 4 aromatic rings. The second kappa shape index (κ2) is 9.26. The van der Waals surface area contributed by atoms with Crippen LogP contribution in [-0.4, -0.2) is 80.3 Å². The van der Waals surface area contributed by atoms with Gasteiger partial charge >= 0.3 is 0 Å². The van der Waals surface area contributed by atoms with Crippen molar-refractivity contribution in [2.75, 3.05) is 12.3 Å². The van der Waals surface area contributed by atoms with Crippen LogP contribution in [0, 0.1) is 0 Å². The highest BCUT2D eigenvalue weighted by molar-refractivity contribution is 6.00. The van der Waals surface area contributed by atoms with Gasteiger partial charge in [0.15, 0.2) is 11.4 Å². The van der Waals surface area contributed by atoms with Gasteiger partial charge in [-0.1, -0.05) is 6.07 Å². The van der Waals surface area contributed by atoms with Crippen molar-refractivity contribution < 1.29 is 19.8 Å². The molecule has 1 amide bonds. The molecule has 0 spiro atoms. The number of rotatable bonds is 6. The van der Waals surface area contributed by atoms with E-state index in [1.165, 1.54) is 17.8 Å². The number of aliphatic hydroxyl groups excluding tert-OH is 2. The molecule has 2 saturated heterocycles. The Balaban J connectivity index is 1.38. The van der Waals surface area contributed by atoms with Crippen molar-refractivity contribution in [3.05, 3.63) is 53.6 Å². The maximum Gasteiger partial charge on any atom is 0.292 e. The number of carbonyl (C=O) groups is 2. The number of nitrogens with two attached hydrogens (primary N) is 1. The number of fused-ring (bicyclic) bond motifs is 3. The molecule has 4 aromatic heterocycles. The molecule has 2 fully saturated rings. The summed E-state index contributed by atoms with van der Waals surface area (Å²) in [5, 5.41) is 31.1. The number of Topliss-reactive ketones (excluding diaryl/α,β-unsaturated/α-hetero) is 1. The van der Waals surface area contributed by atoms with E-state index in [0.717, 1.165) is 12.8 Å². The molecule has 0 aliphatic carbocycles. The Hall–Kier alpha value is -4.23. The molecule has 2 aliphatic rings. The molecule has 38 heavy (non-hydrogen) atoms. The molecule has 0 saturated carbocycles. The lowest BCUT2D eigenvalue weighted by Gasteiger charge is -2.38. The first-order valence-corrected chi connectivity index (χ1v) is 12.5. The zero-order valence-electron chi connectivity index (χ0n) is 20.7. The van der Waals surface area contributed by atoms with Crippen LogP contribution in [0.1, 0.15) is 77.0 Å². The Bertz CT molecular complexity index is 1500. The van der Waals surface area contributed by atoms with Crippen molar-refractivity contribution >= 4 is 23.2 Å². The second-order valence-corrected chi connectivity index (χ2v) is 9.88. The van der Waals surface area contributed by atoms with Gasteiger partial charge in [0.05, 0.1) is 29.8 Å². The molecule has 4 atom stereocenters. The average molecular weight is 518 g/mol. The summed E-state index contributed by atoms with van der Waals surface area (Å²) >= 11 is 0. The van der Waals surface area contributed by atoms with Crippen molar-refractivity contribution in [3.8, 4) is 11.1 Å². The number of H-pyrrole nitrogens is 1. The van der Waals surface area contributed by atoms with Gasteiger partial charge in [0.25, 0.3) is 5.91 Å². The van der Waals surface area contributed by atoms with Crippen LogP contribution in [0.5, 0.6) is 0 Å². The summed E-state index contributed by atoms with van der Waals surface area (Å²) in [4.78, 5) is 39.8. The van der Waals surface area contributed by atoms with Crippen LogP contribution in [-0.2, 0) is 0 Å². The van der Waals surface area contributed by atoms with Crippen LogP contribution in [0.2, 0.25) is 0 Å². The summed E-state index contributed by atoms with van der Waals surface area (Å²) in [7, 11) is 0. The standard InChI is InChI=1S/C25H27N9O4/c1-12(36)20-21(14-6-15-3-4-16(7-14)33(15)25(38)23-28-11-29-32-23)31-24-17(9-30-34(24)22(20)26)13-2-5-18(27-8-13)19(37)10-35/h2,5,8-9,11,14-16,19,35,37H,3-4,6-7,10,26H2,1H3,(H,28,29,32)/t14-,15+,16-,19?. The number of piperidine rings is 1. The minimum Gasteiger partial charge on any atom is -0.393 e. The van der Waals surface area contributed by atoms with Gasteiger partial charge in [-0.05, 0) is 38.7 Å². The van der Waals surface area contributed by atoms with Crippen molar-refractivity contribution in [2.24, 2.45) is 0 Å². The smallest absolute Gasteiger partial charge is 0.292 e. The van der Waals surface area contributed by atoms with Gasteiger partial charge in [0.2, 0.25) is 5.82 Å². The summed E-state index contributed by atoms with van der Waals surface area (Å²) in [5.74, 6) is 0.0181. The highest BCUT2D eigenvalue weighted by atomic mass is 16.3. The third-order valence-electron chi connectivity index (χ3n) is 7.65. The number of nitrogens with zero attached hydrogens (tertiary/aromatic N) is 7. The lowest BCUT2D eigenvalue weighted by atomic mass is 9.85. The summed E-state index contributed by atoms with van der Waals surface area (Å²) in [6, 6.07) is 3.39. The molecule has 5 N–H and O–H groups in total. The molecule has 0 radical (unpaired) electrons. The fourth-order valence-corrected chi connectivity index (χ4v) is 5.91. The van der Waals surface area contributed by atoms with E-state index in [2.05, 4.69) is 25.3 Å². The number of aromatic amines is 1. The molecule has 13 heteroatoms. The molecular weight excluding hydrogens is 490 g/mol. The van der Waals surface area contributed by atoms with Crippen LogP contribution in [0.25, 0.3) is 16.8 Å². The summed E-state index contributed by atoms with van der Waals surface area (Å²) in [5.41, 5.74) is 9.69. The monoisotopic (exact) mass is 517 g/mol. The quantitative estimate of drug-likeness (QED) is 0.271. The van der Waals surface area contributed by atoms with Gasteiger partial charge in [-0.2, -0.15) is 9.61 Å². The maximum atomic E-state index is 13.1. The molecule has 6 heterocycles. The van der Waals surface area contributed by atoms with Crippen molar-refractivity contribution in [1.29, 1.82) is 0 Å². The fourth-order valence-electron chi connectivity index (χ4n) is 5.91. The Morgan fingerprint density at radius 1 is 1.21 bits per heavy atom. The van der Waals surface area contributed by atoms with Crippen LogP contribution >= 0.6 is 0 Å². The molecular formula is C25H27N9O4. The predicted octanol–water partition coefficient (Wildman–Crippen LogP) is 1.27. The Morgan fingerprint density at radius 3 is 2.58 bits per heavy atom. The zero-order chi connectivity index (χ0) is 26.6. The van der Waals surface area contributed by atoms with Crippen LogP contribution in [0.15, 0.2) is 30.9 Å². The summed E-state index contributed by atoms with van der Waals surface area (Å²) in [6.45, 7) is 1.04. The maximum absolute atomic E-state index is 13.1. The molecule has 2 aliphatic heterocycles. The van der Waals surface area contributed by atoms with E-state index >= 15 is 0 Å². The SMILES string of the molecule is CC(=O)c1c([C@H]2C[C@H]3CC[C@@H](C2)N3C(=O)c2nnc[nH]2)nc2c(-c3ccc(C(O)CO)nc3)cnn2c1N. The Labute approximate surface area is 216 Å². The third-order valence-corrected chi connectivity index (χ3v) is 7.65. The van der Waals surface area contributed by atoms with Crippen LogP contribution in [0.4, 0.5) is 5.82 Å². The first-order chi connectivity index (χ1) is 18.4. The molecule has 0 aromatic carbocycles. The number of hydrogen-bond acceptors (Lipinski definition) is 10. The highest BCUT2D eigenvalue weighted by Crippen LogP contribution is 2.45. The normalized spacial score (nSPS) is 21.7. The lowest BCUT2D eigenvalue weighted by molar-refractivity contribution is 0.0556. The van der Waals surface area contributed by atoms with E-state index in [0.29, 0.717) is 46.6 Å². The minimum atomic E-state index is -1.07. The molecule has 1 unspecified atom stereocenters. The first-order valence-electron chi connectivity index (χ1n) is 12.5. The van der Waals surface area contributed by atoms with Gasteiger partial charge < -0.3 is 25.8 Å². The average Bonchev–Trinajstić information content (AvgIpc) is 3.66. The zero-order valence-corrected chi connectivity index (χ0v) is 20.7. The van der Waals surface area contributed by atoms with E-state index < -0.39 is 12.7 Å². The fraction of sp³-hybridized carbons (Fsp3) is 0.400. The van der Waals surface area contributed by atoms with Gasteiger partial charge in [-0.15, -0.1) is 10.2 Å². The molecule has 6 rings (SSSR count). The number of aliphatic hydroxyl groups is 2. The first kappa shape index (κ1) is 24.1. The van der Waals surface area contributed by atoms with Gasteiger partial charge in [0, 0.05) is 35.3 Å². The van der Waals surface area contributed by atoms with E-state index in [1.54, 1.807) is 24.5 Å². The highest BCUT2D eigenvalue weighted by Gasteiger charge is 2.45. The van der Waals surface area contributed by atoms with E-state index in [9.17, 15) is 19.8 Å². The number of nitrogen functional groups attached to an aromatic ring is 1. The van der Waals surface area contributed by atoms with Crippen molar-refractivity contribution in [1.82, 2.24) is 39.7 Å². The minimum absolute atomic E-state index is 0.00510. The number of carbonyl (C=O) groups excluding carboxylic acids is 2. The van der Waals surface area contributed by atoms with E-state index in [1.807, 2.05) is 4.90 Å². The molecule has 2 bridgehead atoms. The van der Waals surface area contributed by atoms with Crippen molar-refractivity contribution in [2.45, 2.75) is 56.7 Å². The van der Waals surface area contributed by atoms with E-state index in [-0.39, 0.29) is 41.3 Å². The number of ketones is 1. The second-order valence-electron chi connectivity index (χ2n) is 9.88. The van der Waals surface area contributed by atoms with Gasteiger partial charge in [0.1, 0.15) is 18.2 Å². The number of aromatic nitrogens is 7. The molecule has 196 valence electrons. The number of anilines is 1. The molecule has 13 nitrogen and oxygen atoms in total. The number of amides is 1.